The van der Waals surface area contributed by atoms with Crippen molar-refractivity contribution >= 4 is 12.6 Å². The van der Waals surface area contributed by atoms with Crippen LogP contribution in [-0.4, -0.2) is 19.7 Å². The first-order valence-electron chi connectivity index (χ1n) is 4.20. The molecule has 0 bridgehead atoms. The Morgan fingerprint density at radius 1 is 1.29 bits per heavy atom. The number of pyridine rings is 1. The smallest absolute Gasteiger partial charge is 0.188 e. The van der Waals surface area contributed by atoms with Crippen LogP contribution in [0.3, 0.4) is 0 Å². The molecule has 0 unspecified atom stereocenters. The summed E-state index contributed by atoms with van der Waals surface area (Å²) in [6.07, 6.45) is 1.78. The minimum Gasteiger partial charge on any atom is -0.305 e. The van der Waals surface area contributed by atoms with Crippen molar-refractivity contribution in [3.8, 4) is 11.4 Å². The zero-order valence-corrected chi connectivity index (χ0v) is 8.86. The van der Waals surface area contributed by atoms with E-state index in [9.17, 15) is 0 Å². The van der Waals surface area contributed by atoms with Gasteiger partial charge >= 0.3 is 0 Å². The molecule has 5 heteroatoms. The first-order valence-corrected chi connectivity index (χ1v) is 4.64. The second-order valence-corrected chi connectivity index (χ2v) is 3.47. The Labute approximate surface area is 87.4 Å². The van der Waals surface area contributed by atoms with Gasteiger partial charge in [0.05, 0.1) is 0 Å². The third-order valence-electron chi connectivity index (χ3n) is 2.02. The molecule has 0 N–H and O–H groups in total. The summed E-state index contributed by atoms with van der Waals surface area (Å²) >= 11 is 4.16. The summed E-state index contributed by atoms with van der Waals surface area (Å²) in [7, 11) is 1.87. The molecule has 0 radical (unpaired) electrons. The molecule has 4 nitrogen and oxygen atoms in total. The van der Waals surface area contributed by atoms with E-state index in [0.717, 1.165) is 17.1 Å². The Balaban J connectivity index is 2.49. The molecule has 0 saturated carbocycles. The molecule has 0 aliphatic carbocycles. The summed E-state index contributed by atoms with van der Waals surface area (Å²) < 4.78 is 1.81. The highest BCUT2D eigenvalue weighted by Crippen LogP contribution is 2.17. The van der Waals surface area contributed by atoms with Crippen LogP contribution in [0, 0.1) is 6.92 Å². The summed E-state index contributed by atoms with van der Waals surface area (Å²) in [4.78, 5) is 4.20. The van der Waals surface area contributed by atoms with Crippen molar-refractivity contribution in [3.63, 3.8) is 0 Å². The normalized spacial score (nSPS) is 10.5. The molecule has 72 valence electrons. The van der Waals surface area contributed by atoms with E-state index in [-0.39, 0.29) is 0 Å². The molecular weight excluding hydrogens is 196 g/mol. The van der Waals surface area contributed by atoms with Crippen LogP contribution in [0.2, 0.25) is 0 Å². The minimum atomic E-state index is 0.598. The van der Waals surface area contributed by atoms with Gasteiger partial charge < -0.3 is 4.57 Å². The van der Waals surface area contributed by atoms with Gasteiger partial charge in [0.1, 0.15) is 0 Å². The summed E-state index contributed by atoms with van der Waals surface area (Å²) in [5.74, 6) is 0.780. The lowest BCUT2D eigenvalue weighted by molar-refractivity contribution is 0.798. The number of thiol groups is 1. The van der Waals surface area contributed by atoms with Crippen LogP contribution < -0.4 is 0 Å². The molecule has 0 atom stereocenters. The fourth-order valence-electron chi connectivity index (χ4n) is 1.17. The van der Waals surface area contributed by atoms with Crippen LogP contribution >= 0.6 is 12.6 Å². The van der Waals surface area contributed by atoms with Crippen molar-refractivity contribution in [3.05, 3.63) is 24.0 Å². The molecule has 14 heavy (non-hydrogen) atoms. The van der Waals surface area contributed by atoms with Crippen LogP contribution in [0.25, 0.3) is 11.4 Å². The largest absolute Gasteiger partial charge is 0.305 e. The second-order valence-electron chi connectivity index (χ2n) is 3.07. The van der Waals surface area contributed by atoms with E-state index >= 15 is 0 Å². The zero-order chi connectivity index (χ0) is 10.1. The van der Waals surface area contributed by atoms with Crippen LogP contribution in [0.1, 0.15) is 5.69 Å². The second kappa shape index (κ2) is 3.42. The van der Waals surface area contributed by atoms with Gasteiger partial charge in [-0.25, -0.2) is 0 Å². The predicted octanol–water partition coefficient (Wildman–Crippen LogP) is 1.47. The van der Waals surface area contributed by atoms with Crippen molar-refractivity contribution in [2.24, 2.45) is 7.05 Å². The predicted molar refractivity (Wildman–Crippen MR) is 56.2 cm³/mol. The van der Waals surface area contributed by atoms with E-state index in [2.05, 4.69) is 27.8 Å². The lowest BCUT2D eigenvalue weighted by Crippen LogP contribution is -1.93. The lowest BCUT2D eigenvalue weighted by Gasteiger charge is -2.00. The van der Waals surface area contributed by atoms with E-state index in [1.165, 1.54) is 0 Å². The van der Waals surface area contributed by atoms with E-state index in [0.29, 0.717) is 5.16 Å². The standard InChI is InChI=1S/C9H10N4S/c1-6-3-4-7(5-10-6)8-11-12-9(14)13(8)2/h3-5H,1-2H3,(H,12,14). The van der Waals surface area contributed by atoms with E-state index in [1.807, 2.05) is 30.7 Å². The number of aryl methyl sites for hydroxylation is 1. The maximum atomic E-state index is 4.20. The van der Waals surface area contributed by atoms with Gasteiger partial charge in [-0.2, -0.15) is 0 Å². The molecule has 0 aliphatic rings. The van der Waals surface area contributed by atoms with Gasteiger partial charge in [-0.1, -0.05) is 0 Å². The molecule has 0 saturated heterocycles. The highest BCUT2D eigenvalue weighted by molar-refractivity contribution is 7.80. The molecule has 0 aromatic carbocycles. The quantitative estimate of drug-likeness (QED) is 0.719. The first kappa shape index (κ1) is 9.21. The Kier molecular flexibility index (Phi) is 2.25. The highest BCUT2D eigenvalue weighted by atomic mass is 32.1. The Hall–Kier alpha value is -1.36. The van der Waals surface area contributed by atoms with Crippen LogP contribution in [0.5, 0.6) is 0 Å². The average Bonchev–Trinajstić information content (AvgIpc) is 2.50. The van der Waals surface area contributed by atoms with Crippen LogP contribution in [0.4, 0.5) is 0 Å². The Morgan fingerprint density at radius 3 is 2.57 bits per heavy atom. The molecule has 2 heterocycles. The Morgan fingerprint density at radius 2 is 2.07 bits per heavy atom. The molecule has 0 spiro atoms. The molecule has 0 amide bonds. The van der Waals surface area contributed by atoms with E-state index < -0.39 is 0 Å². The zero-order valence-electron chi connectivity index (χ0n) is 7.97. The number of hydrogen-bond acceptors (Lipinski definition) is 4. The van der Waals surface area contributed by atoms with Crippen molar-refractivity contribution < 1.29 is 0 Å². The monoisotopic (exact) mass is 206 g/mol. The van der Waals surface area contributed by atoms with Gasteiger partial charge in [-0.05, 0) is 19.1 Å². The van der Waals surface area contributed by atoms with Crippen LogP contribution in [0.15, 0.2) is 23.5 Å². The average molecular weight is 206 g/mol. The van der Waals surface area contributed by atoms with Crippen molar-refractivity contribution in [2.45, 2.75) is 12.1 Å². The van der Waals surface area contributed by atoms with Gasteiger partial charge in [0.2, 0.25) is 0 Å². The van der Waals surface area contributed by atoms with Gasteiger partial charge in [0, 0.05) is 24.5 Å². The molecule has 2 aromatic heterocycles. The number of rotatable bonds is 1. The molecule has 2 aromatic rings. The minimum absolute atomic E-state index is 0.598. The van der Waals surface area contributed by atoms with Crippen molar-refractivity contribution in [1.82, 2.24) is 19.7 Å². The summed E-state index contributed by atoms with van der Waals surface area (Å²) in [6.45, 7) is 1.95. The third-order valence-corrected chi connectivity index (χ3v) is 2.41. The number of nitrogens with zero attached hydrogens (tertiary/aromatic N) is 4. The van der Waals surface area contributed by atoms with Gasteiger partial charge in [-0.3, -0.25) is 4.98 Å². The molecule has 0 fully saturated rings. The third kappa shape index (κ3) is 1.50. The topological polar surface area (TPSA) is 43.6 Å². The molecular formula is C9H10N4S. The fourth-order valence-corrected chi connectivity index (χ4v) is 1.31. The lowest BCUT2D eigenvalue weighted by atomic mass is 10.2. The van der Waals surface area contributed by atoms with Crippen LogP contribution in [-0.2, 0) is 7.05 Å². The first-order chi connectivity index (χ1) is 6.68. The molecule has 0 aliphatic heterocycles. The van der Waals surface area contributed by atoms with Gasteiger partial charge in [0.15, 0.2) is 11.0 Å². The van der Waals surface area contributed by atoms with E-state index in [4.69, 9.17) is 0 Å². The number of aromatic nitrogens is 4. The summed E-state index contributed by atoms with van der Waals surface area (Å²) in [5, 5.41) is 8.47. The Bertz CT molecular complexity index is 446. The van der Waals surface area contributed by atoms with E-state index in [1.54, 1.807) is 6.20 Å². The maximum absolute atomic E-state index is 4.20. The van der Waals surface area contributed by atoms with Crippen molar-refractivity contribution in [1.29, 1.82) is 0 Å². The fraction of sp³-hybridized carbons (Fsp3) is 0.222. The summed E-state index contributed by atoms with van der Waals surface area (Å²) in [5.41, 5.74) is 1.94. The number of hydrogen-bond donors (Lipinski definition) is 1. The van der Waals surface area contributed by atoms with Crippen molar-refractivity contribution in [2.75, 3.05) is 0 Å². The maximum Gasteiger partial charge on any atom is 0.188 e. The molecule has 2 rings (SSSR count). The van der Waals surface area contributed by atoms with Gasteiger partial charge in [0.25, 0.3) is 0 Å². The summed E-state index contributed by atoms with van der Waals surface area (Å²) in [6, 6.07) is 3.92. The SMILES string of the molecule is Cc1ccc(-c2nnc(S)n2C)cn1. The highest BCUT2D eigenvalue weighted by Gasteiger charge is 2.07. The van der Waals surface area contributed by atoms with Gasteiger partial charge in [-0.15, -0.1) is 22.8 Å².